The Hall–Kier alpha value is -2.54. The topological polar surface area (TPSA) is 94.8 Å². The van der Waals surface area contributed by atoms with E-state index in [9.17, 15) is 14.4 Å². The van der Waals surface area contributed by atoms with Crippen molar-refractivity contribution in [3.63, 3.8) is 0 Å². The zero-order chi connectivity index (χ0) is 21.9. The molecule has 0 radical (unpaired) electrons. The molecule has 0 aliphatic heterocycles. The Balaban J connectivity index is 2.29. The van der Waals surface area contributed by atoms with Crippen LogP contribution in [0.15, 0.2) is 27.4 Å². The van der Waals surface area contributed by atoms with Crippen LogP contribution in [0, 0.1) is 12.8 Å². The van der Waals surface area contributed by atoms with Crippen LogP contribution in [0.3, 0.4) is 0 Å². The number of amides is 1. The maximum atomic E-state index is 12.8. The molecule has 0 fully saturated rings. The fraction of sp³-hybridized carbons (Fsp3) is 0.476. The standard InChI is InChI=1S/C21H26ClNO6/c1-7-11(2)18(23-20(26)29-21(4,5)6)19(25)28-16-10-15-13(9-14(16)22)12(3)8-17(24)27-15/h8-11,18H,7H2,1-6H3,(H,23,26)/t11-,18+/m1/s1. The van der Waals surface area contributed by atoms with Crippen LogP contribution < -0.4 is 15.7 Å². The Morgan fingerprint density at radius 3 is 2.48 bits per heavy atom. The van der Waals surface area contributed by atoms with E-state index in [2.05, 4.69) is 5.32 Å². The van der Waals surface area contributed by atoms with Crippen LogP contribution in [0.25, 0.3) is 11.0 Å². The van der Waals surface area contributed by atoms with E-state index < -0.39 is 29.3 Å². The molecule has 2 rings (SSSR count). The van der Waals surface area contributed by atoms with Gasteiger partial charge in [0.05, 0.1) is 5.02 Å². The fourth-order valence-electron chi connectivity index (χ4n) is 2.67. The summed E-state index contributed by atoms with van der Waals surface area (Å²) in [5, 5.41) is 3.39. The quantitative estimate of drug-likeness (QED) is 0.429. The second-order valence-corrected chi connectivity index (χ2v) is 8.36. The fourth-order valence-corrected chi connectivity index (χ4v) is 2.88. The van der Waals surface area contributed by atoms with Crippen LogP contribution in [-0.4, -0.2) is 23.7 Å². The number of aryl methyl sites for hydroxylation is 1. The molecule has 0 saturated carbocycles. The lowest BCUT2D eigenvalue weighted by Gasteiger charge is -2.25. The van der Waals surface area contributed by atoms with Crippen molar-refractivity contribution in [1.82, 2.24) is 5.32 Å². The zero-order valence-corrected chi connectivity index (χ0v) is 18.2. The number of esters is 1. The largest absolute Gasteiger partial charge is 0.444 e. The Kier molecular flexibility index (Phi) is 6.95. The summed E-state index contributed by atoms with van der Waals surface area (Å²) in [6, 6.07) is 3.38. The second-order valence-electron chi connectivity index (χ2n) is 7.96. The highest BCUT2D eigenvalue weighted by atomic mass is 35.5. The van der Waals surface area contributed by atoms with Crippen molar-refractivity contribution in [1.29, 1.82) is 0 Å². The number of halogens is 1. The monoisotopic (exact) mass is 423 g/mol. The predicted molar refractivity (Wildman–Crippen MR) is 110 cm³/mol. The lowest BCUT2D eigenvalue weighted by molar-refractivity contribution is -0.138. The molecule has 0 aliphatic carbocycles. The third-order valence-electron chi connectivity index (χ3n) is 4.35. The van der Waals surface area contributed by atoms with Gasteiger partial charge in [-0.15, -0.1) is 0 Å². The second kappa shape index (κ2) is 8.86. The number of rotatable bonds is 5. The average molecular weight is 424 g/mol. The Morgan fingerprint density at radius 1 is 1.24 bits per heavy atom. The lowest BCUT2D eigenvalue weighted by Crippen LogP contribution is -2.48. The van der Waals surface area contributed by atoms with Gasteiger partial charge in [-0.05, 0) is 45.2 Å². The van der Waals surface area contributed by atoms with Crippen LogP contribution in [0.2, 0.25) is 5.02 Å². The van der Waals surface area contributed by atoms with Crippen LogP contribution in [0.5, 0.6) is 5.75 Å². The third kappa shape index (κ3) is 5.97. The summed E-state index contributed by atoms with van der Waals surface area (Å²) in [5.74, 6) is -0.868. The highest BCUT2D eigenvalue weighted by Gasteiger charge is 2.30. The molecule has 29 heavy (non-hydrogen) atoms. The Labute approximate surface area is 174 Å². The van der Waals surface area contributed by atoms with Crippen LogP contribution in [0.1, 0.15) is 46.6 Å². The highest BCUT2D eigenvalue weighted by molar-refractivity contribution is 6.33. The van der Waals surface area contributed by atoms with Gasteiger partial charge in [-0.3, -0.25) is 0 Å². The van der Waals surface area contributed by atoms with E-state index in [-0.39, 0.29) is 22.3 Å². The zero-order valence-electron chi connectivity index (χ0n) is 17.4. The van der Waals surface area contributed by atoms with Crippen LogP contribution in [-0.2, 0) is 9.53 Å². The van der Waals surface area contributed by atoms with Crippen molar-refractivity contribution in [2.75, 3.05) is 0 Å². The van der Waals surface area contributed by atoms with Gasteiger partial charge < -0.3 is 19.2 Å². The van der Waals surface area contributed by atoms with Crippen LogP contribution >= 0.6 is 11.6 Å². The number of fused-ring (bicyclic) bond motifs is 1. The van der Waals surface area contributed by atoms with E-state index in [4.69, 9.17) is 25.5 Å². The molecule has 2 aromatic rings. The number of hydrogen-bond donors (Lipinski definition) is 1. The summed E-state index contributed by atoms with van der Waals surface area (Å²) < 4.78 is 15.9. The van der Waals surface area contributed by atoms with Gasteiger partial charge in [-0.25, -0.2) is 14.4 Å². The van der Waals surface area contributed by atoms with Crippen LogP contribution in [0.4, 0.5) is 4.79 Å². The minimum absolute atomic E-state index is 0.0391. The lowest BCUT2D eigenvalue weighted by atomic mass is 9.99. The normalized spacial score (nSPS) is 13.6. The molecule has 8 heteroatoms. The van der Waals surface area contributed by atoms with Gasteiger partial charge in [0, 0.05) is 17.5 Å². The van der Waals surface area contributed by atoms with Crippen molar-refractivity contribution < 1.29 is 23.5 Å². The third-order valence-corrected chi connectivity index (χ3v) is 4.65. The molecule has 0 bridgehead atoms. The summed E-state index contributed by atoms with van der Waals surface area (Å²) in [4.78, 5) is 36.6. The van der Waals surface area contributed by atoms with Crippen molar-refractivity contribution >= 4 is 34.6 Å². The van der Waals surface area contributed by atoms with Crippen molar-refractivity contribution in [3.8, 4) is 5.75 Å². The van der Waals surface area contributed by atoms with E-state index in [0.29, 0.717) is 17.4 Å². The first-order chi connectivity index (χ1) is 13.4. The molecule has 0 unspecified atom stereocenters. The number of carbonyl (C=O) groups excluding carboxylic acids is 2. The van der Waals surface area contributed by atoms with Gasteiger partial charge in [0.25, 0.3) is 0 Å². The van der Waals surface area contributed by atoms with Gasteiger partial charge >= 0.3 is 17.7 Å². The molecule has 1 amide bonds. The van der Waals surface area contributed by atoms with E-state index in [1.807, 2.05) is 13.8 Å². The summed E-state index contributed by atoms with van der Waals surface area (Å²) in [6.07, 6.45) is -0.0966. The molecule has 2 atom stereocenters. The molecule has 7 nitrogen and oxygen atoms in total. The van der Waals surface area contributed by atoms with Gasteiger partial charge in [-0.1, -0.05) is 31.9 Å². The molecule has 1 aromatic carbocycles. The molecule has 158 valence electrons. The Morgan fingerprint density at radius 2 is 1.90 bits per heavy atom. The van der Waals surface area contributed by atoms with Crippen molar-refractivity contribution in [2.24, 2.45) is 5.92 Å². The molecule has 1 N–H and O–H groups in total. The minimum atomic E-state index is -0.939. The molecule has 0 aliphatic rings. The Bertz CT molecular complexity index is 976. The molecule has 0 spiro atoms. The number of nitrogens with one attached hydrogen (secondary N) is 1. The predicted octanol–water partition coefficient (Wildman–Crippen LogP) is 4.60. The molecule has 0 saturated heterocycles. The molecular weight excluding hydrogens is 398 g/mol. The summed E-state index contributed by atoms with van der Waals surface area (Å²) in [6.45, 7) is 10.6. The first kappa shape index (κ1) is 22.7. The maximum Gasteiger partial charge on any atom is 0.408 e. The molecular formula is C21H26ClNO6. The molecule has 1 aromatic heterocycles. The van der Waals surface area contributed by atoms with Gasteiger partial charge in [0.2, 0.25) is 0 Å². The summed E-state index contributed by atoms with van der Waals surface area (Å²) in [7, 11) is 0. The number of benzene rings is 1. The maximum absolute atomic E-state index is 12.8. The van der Waals surface area contributed by atoms with Gasteiger partial charge in [0.15, 0.2) is 5.75 Å². The van der Waals surface area contributed by atoms with Gasteiger partial charge in [0.1, 0.15) is 17.2 Å². The van der Waals surface area contributed by atoms with E-state index in [1.165, 1.54) is 12.1 Å². The van der Waals surface area contributed by atoms with E-state index in [0.717, 1.165) is 0 Å². The number of ether oxygens (including phenoxy) is 2. The van der Waals surface area contributed by atoms with E-state index >= 15 is 0 Å². The number of hydrogen-bond acceptors (Lipinski definition) is 6. The van der Waals surface area contributed by atoms with Crippen molar-refractivity contribution in [2.45, 2.75) is 59.6 Å². The number of alkyl carbamates (subject to hydrolysis) is 1. The smallest absolute Gasteiger partial charge is 0.408 e. The number of carbonyl (C=O) groups is 2. The van der Waals surface area contributed by atoms with Crippen molar-refractivity contribution in [3.05, 3.63) is 39.2 Å². The minimum Gasteiger partial charge on any atom is -0.444 e. The highest BCUT2D eigenvalue weighted by Crippen LogP contribution is 2.31. The summed E-state index contributed by atoms with van der Waals surface area (Å²) in [5.41, 5.74) is -0.272. The first-order valence-electron chi connectivity index (χ1n) is 9.36. The average Bonchev–Trinajstić information content (AvgIpc) is 2.58. The molecule has 1 heterocycles. The first-order valence-corrected chi connectivity index (χ1v) is 9.74. The SMILES string of the molecule is CC[C@@H](C)[C@H](NC(=O)OC(C)(C)C)C(=O)Oc1cc2oc(=O)cc(C)c2cc1Cl. The van der Waals surface area contributed by atoms with Gasteiger partial charge in [-0.2, -0.15) is 0 Å². The van der Waals surface area contributed by atoms with E-state index in [1.54, 1.807) is 33.8 Å². The summed E-state index contributed by atoms with van der Waals surface area (Å²) >= 11 is 6.26.